The molecule has 1 atom stereocenters. The first kappa shape index (κ1) is 11.2. The van der Waals surface area contributed by atoms with Gasteiger partial charge < -0.3 is 10.3 Å². The van der Waals surface area contributed by atoms with Gasteiger partial charge in [0.2, 0.25) is 0 Å². The minimum absolute atomic E-state index is 0.00787. The molecular weight excluding hydrogens is 246 g/mol. The number of nitrogens with zero attached hydrogens (tertiary/aromatic N) is 1. The SMILES string of the molecule is CC(Nc1ncc[nH]c1=O)c1ccc(Cl)s1. The Bertz CT molecular complexity index is 537. The zero-order chi connectivity index (χ0) is 11.5. The summed E-state index contributed by atoms with van der Waals surface area (Å²) in [4.78, 5) is 19.0. The minimum atomic E-state index is -0.225. The number of nitrogens with one attached hydrogen (secondary N) is 2. The standard InChI is InChI=1S/C10H10ClN3OS/c1-6(7-2-3-8(11)16-7)14-9-10(15)13-5-4-12-9/h2-6H,1H3,(H,12,14)(H,13,15). The number of aromatic amines is 1. The van der Waals surface area contributed by atoms with Crippen LogP contribution in [0.3, 0.4) is 0 Å². The van der Waals surface area contributed by atoms with Gasteiger partial charge in [0.1, 0.15) is 0 Å². The van der Waals surface area contributed by atoms with Gasteiger partial charge in [0.25, 0.3) is 5.56 Å². The molecule has 2 rings (SSSR count). The molecule has 0 spiro atoms. The first-order valence-electron chi connectivity index (χ1n) is 4.72. The second-order valence-corrected chi connectivity index (χ2v) is 5.02. The van der Waals surface area contributed by atoms with E-state index in [0.717, 1.165) is 9.21 Å². The molecule has 0 aliphatic heterocycles. The maximum Gasteiger partial charge on any atom is 0.290 e. The minimum Gasteiger partial charge on any atom is -0.358 e. The van der Waals surface area contributed by atoms with Crippen molar-refractivity contribution in [3.05, 3.63) is 44.1 Å². The molecule has 2 aromatic heterocycles. The summed E-state index contributed by atoms with van der Waals surface area (Å²) >= 11 is 7.33. The van der Waals surface area contributed by atoms with Gasteiger partial charge in [-0.05, 0) is 19.1 Å². The summed E-state index contributed by atoms with van der Waals surface area (Å²) in [7, 11) is 0. The van der Waals surface area contributed by atoms with Crippen LogP contribution in [0.5, 0.6) is 0 Å². The number of H-pyrrole nitrogens is 1. The predicted octanol–water partition coefficient (Wildman–Crippen LogP) is 2.66. The summed E-state index contributed by atoms with van der Waals surface area (Å²) in [6.07, 6.45) is 3.04. The highest BCUT2D eigenvalue weighted by Crippen LogP contribution is 2.27. The summed E-state index contributed by atoms with van der Waals surface area (Å²) in [6, 6.07) is 3.78. The Balaban J connectivity index is 2.17. The van der Waals surface area contributed by atoms with Crippen LogP contribution in [0.1, 0.15) is 17.8 Å². The lowest BCUT2D eigenvalue weighted by Crippen LogP contribution is -2.17. The Kier molecular flexibility index (Phi) is 3.26. The maximum absolute atomic E-state index is 11.4. The van der Waals surface area contributed by atoms with Crippen LogP contribution >= 0.6 is 22.9 Å². The number of hydrogen-bond acceptors (Lipinski definition) is 4. The van der Waals surface area contributed by atoms with Gasteiger partial charge in [0.15, 0.2) is 5.82 Å². The Morgan fingerprint density at radius 1 is 1.56 bits per heavy atom. The first-order chi connectivity index (χ1) is 7.66. The van der Waals surface area contributed by atoms with E-state index in [0.29, 0.717) is 5.82 Å². The van der Waals surface area contributed by atoms with E-state index in [4.69, 9.17) is 11.6 Å². The van der Waals surface area contributed by atoms with Crippen LogP contribution < -0.4 is 10.9 Å². The molecule has 6 heteroatoms. The van der Waals surface area contributed by atoms with Crippen LogP contribution in [0.4, 0.5) is 5.82 Å². The van der Waals surface area contributed by atoms with Crippen molar-refractivity contribution in [2.24, 2.45) is 0 Å². The molecule has 0 aromatic carbocycles. The lowest BCUT2D eigenvalue weighted by Gasteiger charge is -2.11. The van der Waals surface area contributed by atoms with Crippen LogP contribution in [-0.2, 0) is 0 Å². The third-order valence-electron chi connectivity index (χ3n) is 2.08. The smallest absolute Gasteiger partial charge is 0.290 e. The Morgan fingerprint density at radius 2 is 2.38 bits per heavy atom. The molecule has 0 fully saturated rings. The maximum atomic E-state index is 11.4. The van der Waals surface area contributed by atoms with E-state index < -0.39 is 0 Å². The normalized spacial score (nSPS) is 12.4. The van der Waals surface area contributed by atoms with Gasteiger partial charge >= 0.3 is 0 Å². The summed E-state index contributed by atoms with van der Waals surface area (Å²) in [6.45, 7) is 1.95. The molecule has 0 radical (unpaired) electrons. The Hall–Kier alpha value is -1.33. The fourth-order valence-electron chi connectivity index (χ4n) is 1.29. The lowest BCUT2D eigenvalue weighted by atomic mass is 10.3. The number of hydrogen-bond donors (Lipinski definition) is 2. The van der Waals surface area contributed by atoms with Gasteiger partial charge in [0.05, 0.1) is 10.4 Å². The summed E-state index contributed by atoms with van der Waals surface area (Å²) in [5.41, 5.74) is -0.225. The van der Waals surface area contributed by atoms with Gasteiger partial charge in [-0.15, -0.1) is 11.3 Å². The average molecular weight is 256 g/mol. The largest absolute Gasteiger partial charge is 0.358 e. The third kappa shape index (κ3) is 2.43. The van der Waals surface area contributed by atoms with E-state index in [-0.39, 0.29) is 11.6 Å². The van der Waals surface area contributed by atoms with E-state index in [1.807, 2.05) is 19.1 Å². The molecule has 0 bridgehead atoms. The highest BCUT2D eigenvalue weighted by molar-refractivity contribution is 7.16. The van der Waals surface area contributed by atoms with E-state index in [2.05, 4.69) is 15.3 Å². The van der Waals surface area contributed by atoms with Gasteiger partial charge in [0, 0.05) is 17.3 Å². The van der Waals surface area contributed by atoms with Gasteiger partial charge in [-0.3, -0.25) is 4.79 Å². The molecule has 84 valence electrons. The number of rotatable bonds is 3. The van der Waals surface area contributed by atoms with E-state index in [1.165, 1.54) is 23.7 Å². The van der Waals surface area contributed by atoms with Gasteiger partial charge in [-0.2, -0.15) is 0 Å². The molecule has 0 saturated carbocycles. The van der Waals surface area contributed by atoms with Crippen LogP contribution in [0.15, 0.2) is 29.3 Å². The summed E-state index contributed by atoms with van der Waals surface area (Å²) in [5, 5.41) is 3.04. The molecule has 0 saturated heterocycles. The fourth-order valence-corrected chi connectivity index (χ4v) is 2.36. The van der Waals surface area contributed by atoms with E-state index in [1.54, 1.807) is 0 Å². The highest BCUT2D eigenvalue weighted by Gasteiger charge is 2.10. The monoisotopic (exact) mass is 255 g/mol. The number of aromatic nitrogens is 2. The van der Waals surface area contributed by atoms with Gasteiger partial charge in [-0.1, -0.05) is 11.6 Å². The molecule has 2 heterocycles. The van der Waals surface area contributed by atoms with Crippen molar-refractivity contribution in [3.63, 3.8) is 0 Å². The molecule has 4 nitrogen and oxygen atoms in total. The van der Waals surface area contributed by atoms with E-state index >= 15 is 0 Å². The van der Waals surface area contributed by atoms with Crippen molar-refractivity contribution >= 4 is 28.8 Å². The molecule has 1 unspecified atom stereocenters. The number of halogens is 1. The zero-order valence-electron chi connectivity index (χ0n) is 8.53. The van der Waals surface area contributed by atoms with Gasteiger partial charge in [-0.25, -0.2) is 4.98 Å². The lowest BCUT2D eigenvalue weighted by molar-refractivity contribution is 0.886. The van der Waals surface area contributed by atoms with Crippen molar-refractivity contribution in [2.45, 2.75) is 13.0 Å². The average Bonchev–Trinajstić information content (AvgIpc) is 2.68. The first-order valence-corrected chi connectivity index (χ1v) is 5.92. The molecule has 16 heavy (non-hydrogen) atoms. The molecule has 2 N–H and O–H groups in total. The van der Waals surface area contributed by atoms with Crippen LogP contribution in [0.2, 0.25) is 4.34 Å². The number of anilines is 1. The highest BCUT2D eigenvalue weighted by atomic mass is 35.5. The molecular formula is C10H10ClN3OS. The second kappa shape index (κ2) is 4.67. The molecule has 0 amide bonds. The Labute approximate surface area is 101 Å². The van der Waals surface area contributed by atoms with Crippen LogP contribution in [-0.4, -0.2) is 9.97 Å². The van der Waals surface area contributed by atoms with Crippen molar-refractivity contribution in [1.82, 2.24) is 9.97 Å². The van der Waals surface area contributed by atoms with Crippen molar-refractivity contribution in [1.29, 1.82) is 0 Å². The molecule has 0 aliphatic carbocycles. The van der Waals surface area contributed by atoms with Crippen molar-refractivity contribution in [3.8, 4) is 0 Å². The van der Waals surface area contributed by atoms with Crippen molar-refractivity contribution in [2.75, 3.05) is 5.32 Å². The molecule has 2 aromatic rings. The summed E-state index contributed by atoms with van der Waals surface area (Å²) < 4.78 is 0.735. The molecule has 0 aliphatic rings. The third-order valence-corrected chi connectivity index (χ3v) is 3.50. The van der Waals surface area contributed by atoms with Crippen LogP contribution in [0.25, 0.3) is 0 Å². The van der Waals surface area contributed by atoms with Crippen LogP contribution in [0, 0.1) is 0 Å². The summed E-state index contributed by atoms with van der Waals surface area (Å²) in [5.74, 6) is 0.319. The predicted molar refractivity (Wildman–Crippen MR) is 66.2 cm³/mol. The van der Waals surface area contributed by atoms with Crippen molar-refractivity contribution < 1.29 is 0 Å². The topological polar surface area (TPSA) is 57.8 Å². The number of thiophene rings is 1. The fraction of sp³-hybridized carbons (Fsp3) is 0.200. The second-order valence-electron chi connectivity index (χ2n) is 3.27. The quantitative estimate of drug-likeness (QED) is 0.887. The van der Waals surface area contributed by atoms with E-state index in [9.17, 15) is 4.79 Å². The zero-order valence-corrected chi connectivity index (χ0v) is 10.1. The Morgan fingerprint density at radius 3 is 3.00 bits per heavy atom.